The summed E-state index contributed by atoms with van der Waals surface area (Å²) in [5, 5.41) is 21.9. The van der Waals surface area contributed by atoms with Crippen LogP contribution in [0.4, 0.5) is 5.13 Å². The number of nitrogens with zero attached hydrogens (tertiary/aromatic N) is 2. The number of phenols is 1. The molecule has 37 heavy (non-hydrogen) atoms. The van der Waals surface area contributed by atoms with Crippen molar-refractivity contribution in [2.45, 2.75) is 19.4 Å². The van der Waals surface area contributed by atoms with Gasteiger partial charge in [0.1, 0.15) is 11.3 Å². The molecule has 184 valence electrons. The summed E-state index contributed by atoms with van der Waals surface area (Å²) in [6.07, 6.45) is 0.858. The quantitative estimate of drug-likeness (QED) is 0.222. The Morgan fingerprint density at radius 3 is 2.62 bits per heavy atom. The van der Waals surface area contributed by atoms with Crippen molar-refractivity contribution in [3.8, 4) is 5.75 Å². The average Bonchev–Trinajstić information content (AvgIpc) is 3.57. The Bertz CT molecular complexity index is 1750. The molecule has 6 rings (SSSR count). The molecule has 5 aromatic rings. The number of amides is 1. The maximum atomic E-state index is 13.8. The molecule has 2 N–H and O–H groups in total. The van der Waals surface area contributed by atoms with E-state index in [0.717, 1.165) is 26.7 Å². The number of fused-ring (bicyclic) bond motifs is 2. The number of halogens is 1. The smallest absolute Gasteiger partial charge is 0.296 e. The van der Waals surface area contributed by atoms with E-state index in [4.69, 9.17) is 4.42 Å². The molecular formula is C28H19BrN2O5S. The van der Waals surface area contributed by atoms with Gasteiger partial charge >= 0.3 is 0 Å². The molecule has 1 amide bonds. The number of aromatic nitrogens is 1. The van der Waals surface area contributed by atoms with E-state index in [2.05, 4.69) is 27.8 Å². The minimum atomic E-state index is -0.966. The number of anilines is 1. The number of aliphatic hydroxyl groups excluding tert-OH is 1. The zero-order valence-electron chi connectivity index (χ0n) is 19.4. The summed E-state index contributed by atoms with van der Waals surface area (Å²) in [5.41, 5.74) is 2.79. The van der Waals surface area contributed by atoms with Gasteiger partial charge in [0.05, 0.1) is 21.8 Å². The van der Waals surface area contributed by atoms with Crippen LogP contribution in [0.25, 0.3) is 21.2 Å². The van der Waals surface area contributed by atoms with Gasteiger partial charge in [-0.2, -0.15) is 0 Å². The Labute approximate surface area is 223 Å². The third kappa shape index (κ3) is 3.91. The second-order valence-corrected chi connectivity index (χ2v) is 10.6. The minimum Gasteiger partial charge on any atom is -0.508 e. The van der Waals surface area contributed by atoms with E-state index in [1.165, 1.54) is 28.4 Å². The van der Waals surface area contributed by atoms with Gasteiger partial charge in [0.15, 0.2) is 16.7 Å². The fraction of sp³-hybridized carbons (Fsp3) is 0.107. The molecule has 0 spiro atoms. The Balaban J connectivity index is 1.50. The van der Waals surface area contributed by atoms with E-state index in [0.29, 0.717) is 21.7 Å². The Kier molecular flexibility index (Phi) is 5.62. The van der Waals surface area contributed by atoms with Crippen LogP contribution in [0, 0.1) is 0 Å². The van der Waals surface area contributed by atoms with E-state index in [9.17, 15) is 19.8 Å². The van der Waals surface area contributed by atoms with Gasteiger partial charge in [0.25, 0.3) is 5.91 Å². The fourth-order valence-electron chi connectivity index (χ4n) is 4.55. The molecule has 3 heterocycles. The molecule has 0 bridgehead atoms. The standard InChI is InChI=1S/C28H19BrN2O5S/c1-2-14-3-9-19-22(11-14)37-28(30-19)31-24(15-4-7-18(32)8-5-15)23(26(34)27(31)35)25(33)21-13-16-12-17(29)6-10-20(16)36-21/h3-13,24,32,34H,2H2,1H3. The summed E-state index contributed by atoms with van der Waals surface area (Å²) in [5.74, 6) is -1.94. The third-order valence-corrected chi connectivity index (χ3v) is 7.93. The number of aromatic hydroxyl groups is 1. The third-order valence-electron chi connectivity index (χ3n) is 6.42. The number of hydrogen-bond acceptors (Lipinski definition) is 7. The normalized spacial score (nSPS) is 15.9. The number of aryl methyl sites for hydroxylation is 1. The average molecular weight is 575 g/mol. The number of carbonyl (C=O) groups excluding carboxylic acids is 2. The molecule has 1 aliphatic rings. The largest absolute Gasteiger partial charge is 0.508 e. The highest BCUT2D eigenvalue weighted by Gasteiger charge is 2.46. The van der Waals surface area contributed by atoms with Gasteiger partial charge in [-0.1, -0.05) is 52.4 Å². The molecule has 2 aromatic heterocycles. The summed E-state index contributed by atoms with van der Waals surface area (Å²) < 4.78 is 7.52. The first-order valence-corrected chi connectivity index (χ1v) is 13.1. The number of furan rings is 1. The number of carbonyl (C=O) groups is 2. The highest BCUT2D eigenvalue weighted by atomic mass is 79.9. The number of hydrogen-bond donors (Lipinski definition) is 2. The second-order valence-electron chi connectivity index (χ2n) is 8.71. The van der Waals surface area contributed by atoms with Crippen molar-refractivity contribution in [1.82, 2.24) is 4.98 Å². The number of Topliss-reactive ketones (excluding diaryl/α,β-unsaturated/α-hetero) is 1. The minimum absolute atomic E-state index is 0.00460. The second kappa shape index (κ2) is 8.86. The lowest BCUT2D eigenvalue weighted by molar-refractivity contribution is -0.117. The number of phenolic OH excluding ortho intramolecular Hbond substituents is 1. The molecule has 1 atom stereocenters. The Hall–Kier alpha value is -3.95. The van der Waals surface area contributed by atoms with Crippen LogP contribution in [0.15, 0.2) is 87.0 Å². The van der Waals surface area contributed by atoms with E-state index >= 15 is 0 Å². The molecule has 1 aliphatic heterocycles. The zero-order valence-corrected chi connectivity index (χ0v) is 21.8. The zero-order chi connectivity index (χ0) is 25.8. The molecule has 0 saturated carbocycles. The highest BCUT2D eigenvalue weighted by molar-refractivity contribution is 9.10. The van der Waals surface area contributed by atoms with Crippen molar-refractivity contribution < 1.29 is 24.2 Å². The van der Waals surface area contributed by atoms with Crippen LogP contribution in [0.2, 0.25) is 0 Å². The molecule has 9 heteroatoms. The topological polar surface area (TPSA) is 104 Å². The van der Waals surface area contributed by atoms with E-state index in [-0.39, 0.29) is 17.1 Å². The maximum Gasteiger partial charge on any atom is 0.296 e. The maximum absolute atomic E-state index is 13.8. The van der Waals surface area contributed by atoms with Crippen LogP contribution in [0.3, 0.4) is 0 Å². The van der Waals surface area contributed by atoms with Gasteiger partial charge in [-0.25, -0.2) is 4.98 Å². The van der Waals surface area contributed by atoms with Crippen molar-refractivity contribution >= 4 is 65.3 Å². The lowest BCUT2D eigenvalue weighted by Gasteiger charge is -2.24. The van der Waals surface area contributed by atoms with Crippen molar-refractivity contribution in [1.29, 1.82) is 0 Å². The van der Waals surface area contributed by atoms with Gasteiger partial charge in [-0.05, 0) is 66.1 Å². The first kappa shape index (κ1) is 23.4. The van der Waals surface area contributed by atoms with Gasteiger partial charge < -0.3 is 14.6 Å². The van der Waals surface area contributed by atoms with Gasteiger partial charge in [0.2, 0.25) is 5.78 Å². The lowest BCUT2D eigenvalue weighted by Crippen LogP contribution is -2.30. The van der Waals surface area contributed by atoms with Crippen LogP contribution in [0.1, 0.15) is 34.6 Å². The van der Waals surface area contributed by atoms with Crippen molar-refractivity contribution in [2.75, 3.05) is 4.90 Å². The SMILES string of the molecule is CCc1ccc2nc(N3C(=O)C(O)=C(C(=O)c4cc5cc(Br)ccc5o4)C3c3ccc(O)cc3)sc2c1. The summed E-state index contributed by atoms with van der Waals surface area (Å²) in [6.45, 7) is 2.06. The first-order chi connectivity index (χ1) is 17.8. The number of ketones is 1. The number of thiazole rings is 1. The first-order valence-electron chi connectivity index (χ1n) is 11.5. The summed E-state index contributed by atoms with van der Waals surface area (Å²) in [4.78, 5) is 33.2. The molecule has 0 radical (unpaired) electrons. The Morgan fingerprint density at radius 1 is 1.08 bits per heavy atom. The molecule has 3 aromatic carbocycles. The molecule has 0 fully saturated rings. The lowest BCUT2D eigenvalue weighted by atomic mass is 9.95. The monoisotopic (exact) mass is 574 g/mol. The number of aliphatic hydroxyl groups is 1. The summed E-state index contributed by atoms with van der Waals surface area (Å²) in [7, 11) is 0. The number of benzene rings is 3. The fourth-order valence-corrected chi connectivity index (χ4v) is 5.98. The van der Waals surface area contributed by atoms with Crippen molar-refractivity contribution in [3.05, 3.63) is 99.4 Å². The summed E-state index contributed by atoms with van der Waals surface area (Å²) >= 11 is 4.73. The molecular weight excluding hydrogens is 556 g/mol. The predicted molar refractivity (Wildman–Crippen MR) is 145 cm³/mol. The van der Waals surface area contributed by atoms with Gasteiger partial charge in [-0.3, -0.25) is 14.5 Å². The van der Waals surface area contributed by atoms with E-state index in [1.807, 2.05) is 24.3 Å². The van der Waals surface area contributed by atoms with E-state index in [1.54, 1.807) is 30.3 Å². The number of rotatable bonds is 5. The van der Waals surface area contributed by atoms with Crippen molar-refractivity contribution in [2.24, 2.45) is 0 Å². The molecule has 7 nitrogen and oxygen atoms in total. The molecule has 1 unspecified atom stereocenters. The van der Waals surface area contributed by atoms with Crippen LogP contribution >= 0.6 is 27.3 Å². The van der Waals surface area contributed by atoms with Gasteiger partial charge in [-0.15, -0.1) is 0 Å². The Morgan fingerprint density at radius 2 is 1.86 bits per heavy atom. The molecule has 0 aliphatic carbocycles. The predicted octanol–water partition coefficient (Wildman–Crippen LogP) is 6.86. The van der Waals surface area contributed by atoms with E-state index < -0.39 is 23.5 Å². The van der Waals surface area contributed by atoms with Crippen LogP contribution in [-0.4, -0.2) is 26.9 Å². The van der Waals surface area contributed by atoms with Gasteiger partial charge in [0, 0.05) is 9.86 Å². The van der Waals surface area contributed by atoms with Crippen molar-refractivity contribution in [3.63, 3.8) is 0 Å². The molecule has 0 saturated heterocycles. The van der Waals surface area contributed by atoms with Crippen LogP contribution < -0.4 is 4.90 Å². The van der Waals surface area contributed by atoms with Crippen LogP contribution in [-0.2, 0) is 11.2 Å². The summed E-state index contributed by atoms with van der Waals surface area (Å²) in [6, 6.07) is 18.1. The van der Waals surface area contributed by atoms with Crippen LogP contribution in [0.5, 0.6) is 5.75 Å². The highest BCUT2D eigenvalue weighted by Crippen LogP contribution is 2.45.